The number of anilines is 1. The van der Waals surface area contributed by atoms with E-state index in [9.17, 15) is 0 Å². The largest absolute Gasteiger partial charge is 0.366 e. The number of hydrogen-bond acceptors (Lipinski definition) is 7. The molecule has 0 spiro atoms. The zero-order valence-electron chi connectivity index (χ0n) is 15.8. The molecule has 8 heteroatoms. The zero-order valence-corrected chi connectivity index (χ0v) is 15.8. The van der Waals surface area contributed by atoms with Crippen LogP contribution in [0.1, 0.15) is 35.9 Å². The van der Waals surface area contributed by atoms with E-state index in [0.717, 1.165) is 41.4 Å². The van der Waals surface area contributed by atoms with Crippen LogP contribution in [-0.2, 0) is 11.2 Å². The summed E-state index contributed by atoms with van der Waals surface area (Å²) in [6.45, 7) is 8.17. The third kappa shape index (κ3) is 3.52. The number of aromatic nitrogens is 6. The Labute approximate surface area is 158 Å². The molecule has 1 unspecified atom stereocenters. The Morgan fingerprint density at radius 1 is 1.19 bits per heavy atom. The van der Waals surface area contributed by atoms with Crippen LogP contribution >= 0.6 is 0 Å². The first-order chi connectivity index (χ1) is 13.2. The van der Waals surface area contributed by atoms with Crippen LogP contribution in [-0.4, -0.2) is 49.8 Å². The number of pyridine rings is 1. The van der Waals surface area contributed by atoms with Crippen LogP contribution in [0.3, 0.4) is 0 Å². The molecule has 1 N–H and O–H groups in total. The second kappa shape index (κ2) is 7.40. The van der Waals surface area contributed by atoms with Crippen molar-refractivity contribution in [3.8, 4) is 11.4 Å². The van der Waals surface area contributed by atoms with Gasteiger partial charge in [-0.2, -0.15) is 5.10 Å². The predicted octanol–water partition coefficient (Wildman–Crippen LogP) is 2.41. The maximum Gasteiger partial charge on any atom is 0.181 e. The number of nitrogens with one attached hydrogen (secondary N) is 1. The van der Waals surface area contributed by atoms with Crippen LogP contribution in [0.15, 0.2) is 24.5 Å². The molecule has 1 aliphatic rings. The Kier molecular flexibility index (Phi) is 4.81. The lowest BCUT2D eigenvalue weighted by atomic mass is 10.1. The van der Waals surface area contributed by atoms with Gasteiger partial charge in [0.2, 0.25) is 0 Å². The monoisotopic (exact) mass is 365 g/mol. The Hall–Kier alpha value is -2.87. The topological polar surface area (TPSA) is 92.7 Å². The van der Waals surface area contributed by atoms with Gasteiger partial charge in [-0.25, -0.2) is 15.0 Å². The van der Waals surface area contributed by atoms with Crippen molar-refractivity contribution in [2.45, 2.75) is 33.3 Å². The molecule has 140 valence electrons. The molecule has 4 heterocycles. The van der Waals surface area contributed by atoms with Crippen molar-refractivity contribution in [2.75, 3.05) is 24.6 Å². The third-order valence-electron chi connectivity index (χ3n) is 4.84. The fraction of sp³-hybridized carbons (Fsp3) is 0.421. The van der Waals surface area contributed by atoms with Crippen molar-refractivity contribution >= 4 is 5.82 Å². The Bertz CT molecular complexity index is 925. The predicted molar refractivity (Wildman–Crippen MR) is 101 cm³/mol. The van der Waals surface area contributed by atoms with E-state index in [-0.39, 0.29) is 6.10 Å². The minimum absolute atomic E-state index is 0.172. The smallest absolute Gasteiger partial charge is 0.181 e. The summed E-state index contributed by atoms with van der Waals surface area (Å²) < 4.78 is 5.92. The molecule has 4 rings (SSSR count). The van der Waals surface area contributed by atoms with Gasteiger partial charge in [0.25, 0.3) is 0 Å². The van der Waals surface area contributed by atoms with Gasteiger partial charge in [-0.15, -0.1) is 0 Å². The lowest BCUT2D eigenvalue weighted by Gasteiger charge is -2.33. The molecule has 1 atom stereocenters. The van der Waals surface area contributed by atoms with Crippen molar-refractivity contribution in [3.05, 3.63) is 47.4 Å². The van der Waals surface area contributed by atoms with Crippen LogP contribution in [0.25, 0.3) is 11.4 Å². The molecule has 1 fully saturated rings. The number of H-pyrrole nitrogens is 1. The lowest BCUT2D eigenvalue weighted by Crippen LogP contribution is -2.39. The van der Waals surface area contributed by atoms with Gasteiger partial charge in [-0.3, -0.25) is 10.1 Å². The van der Waals surface area contributed by atoms with Crippen molar-refractivity contribution < 1.29 is 4.74 Å². The molecular formula is C19H23N7O. The average Bonchev–Trinajstić information content (AvgIpc) is 3.20. The molecule has 0 aliphatic carbocycles. The van der Waals surface area contributed by atoms with Gasteiger partial charge in [-0.1, -0.05) is 6.92 Å². The Balaban J connectivity index is 1.64. The Morgan fingerprint density at radius 2 is 2.00 bits per heavy atom. The van der Waals surface area contributed by atoms with Crippen LogP contribution in [0, 0.1) is 13.8 Å². The molecule has 3 aromatic rings. The van der Waals surface area contributed by atoms with Crippen LogP contribution in [0.4, 0.5) is 5.82 Å². The molecule has 1 aliphatic heterocycles. The normalized spacial score (nSPS) is 17.3. The first-order valence-electron chi connectivity index (χ1n) is 9.19. The molecule has 0 radical (unpaired) electrons. The summed E-state index contributed by atoms with van der Waals surface area (Å²) in [5.41, 5.74) is 3.01. The summed E-state index contributed by atoms with van der Waals surface area (Å²) in [7, 11) is 0. The molecule has 3 aromatic heterocycles. The zero-order chi connectivity index (χ0) is 18.8. The lowest BCUT2D eigenvalue weighted by molar-refractivity contribution is 0.0339. The van der Waals surface area contributed by atoms with Crippen molar-refractivity contribution in [3.63, 3.8) is 0 Å². The van der Waals surface area contributed by atoms with E-state index in [1.54, 1.807) is 12.4 Å². The van der Waals surface area contributed by atoms with Gasteiger partial charge >= 0.3 is 0 Å². The minimum atomic E-state index is -0.172. The van der Waals surface area contributed by atoms with Crippen molar-refractivity contribution in [2.24, 2.45) is 0 Å². The highest BCUT2D eigenvalue weighted by Gasteiger charge is 2.27. The molecule has 0 amide bonds. The number of aromatic amines is 1. The first-order valence-corrected chi connectivity index (χ1v) is 9.19. The summed E-state index contributed by atoms with van der Waals surface area (Å²) >= 11 is 0. The highest BCUT2D eigenvalue weighted by molar-refractivity contribution is 5.60. The van der Waals surface area contributed by atoms with E-state index in [2.05, 4.69) is 37.0 Å². The van der Waals surface area contributed by atoms with E-state index < -0.39 is 0 Å². The van der Waals surface area contributed by atoms with Gasteiger partial charge < -0.3 is 9.64 Å². The molecule has 1 saturated heterocycles. The summed E-state index contributed by atoms with van der Waals surface area (Å²) in [5.74, 6) is 3.23. The van der Waals surface area contributed by atoms with Gasteiger partial charge in [-0.05, 0) is 26.0 Å². The summed E-state index contributed by atoms with van der Waals surface area (Å²) in [6.07, 6.45) is 4.16. The van der Waals surface area contributed by atoms with Crippen LogP contribution < -0.4 is 4.90 Å². The van der Waals surface area contributed by atoms with Crippen molar-refractivity contribution in [1.82, 2.24) is 30.1 Å². The fourth-order valence-corrected chi connectivity index (χ4v) is 3.16. The molecule has 0 saturated carbocycles. The molecule has 0 aromatic carbocycles. The summed E-state index contributed by atoms with van der Waals surface area (Å²) in [5, 5.41) is 7.28. The van der Waals surface area contributed by atoms with E-state index in [1.165, 1.54) is 0 Å². The molecular weight excluding hydrogens is 342 g/mol. The second-order valence-corrected chi connectivity index (χ2v) is 6.62. The van der Waals surface area contributed by atoms with Gasteiger partial charge in [0.15, 0.2) is 11.6 Å². The first kappa shape index (κ1) is 17.5. The second-order valence-electron chi connectivity index (χ2n) is 6.62. The number of aryl methyl sites for hydroxylation is 2. The SMILES string of the molecule is CCc1nc(C2CN(c3nc(-c4ccncc4)nc(C)c3C)CCO2)n[nH]1. The summed E-state index contributed by atoms with van der Waals surface area (Å²) in [6, 6.07) is 3.85. The van der Waals surface area contributed by atoms with Crippen LogP contribution in [0.2, 0.25) is 0 Å². The van der Waals surface area contributed by atoms with Gasteiger partial charge in [0.05, 0.1) is 13.2 Å². The minimum Gasteiger partial charge on any atom is -0.366 e. The third-order valence-corrected chi connectivity index (χ3v) is 4.84. The number of nitrogens with zero attached hydrogens (tertiary/aromatic N) is 6. The number of morpholine rings is 1. The maximum absolute atomic E-state index is 5.92. The standard InChI is InChI=1S/C19H23N7O/c1-4-16-22-18(25-24-16)15-11-26(9-10-27-15)19-12(2)13(3)21-17(23-19)14-5-7-20-8-6-14/h5-8,15H,4,9-11H2,1-3H3,(H,22,24,25). The van der Waals surface area contributed by atoms with E-state index >= 15 is 0 Å². The number of ether oxygens (including phenoxy) is 1. The Morgan fingerprint density at radius 3 is 2.74 bits per heavy atom. The highest BCUT2D eigenvalue weighted by atomic mass is 16.5. The maximum atomic E-state index is 5.92. The van der Waals surface area contributed by atoms with E-state index in [0.29, 0.717) is 24.8 Å². The molecule has 8 nitrogen and oxygen atoms in total. The average molecular weight is 365 g/mol. The molecule has 0 bridgehead atoms. The van der Waals surface area contributed by atoms with Gasteiger partial charge in [0.1, 0.15) is 17.7 Å². The fourth-order valence-electron chi connectivity index (χ4n) is 3.16. The van der Waals surface area contributed by atoms with Crippen molar-refractivity contribution in [1.29, 1.82) is 0 Å². The van der Waals surface area contributed by atoms with E-state index in [4.69, 9.17) is 9.72 Å². The van der Waals surface area contributed by atoms with E-state index in [1.807, 2.05) is 26.0 Å². The summed E-state index contributed by atoms with van der Waals surface area (Å²) in [4.78, 5) is 20.4. The molecule has 27 heavy (non-hydrogen) atoms. The van der Waals surface area contributed by atoms with Gasteiger partial charge in [0, 0.05) is 42.2 Å². The number of rotatable bonds is 4. The van der Waals surface area contributed by atoms with Crippen LogP contribution in [0.5, 0.6) is 0 Å². The highest BCUT2D eigenvalue weighted by Crippen LogP contribution is 2.28. The quantitative estimate of drug-likeness (QED) is 0.759. The number of hydrogen-bond donors (Lipinski definition) is 1.